The molecule has 0 radical (unpaired) electrons. The van der Waals surface area contributed by atoms with Crippen LogP contribution in [0.1, 0.15) is 29.4 Å². The van der Waals surface area contributed by atoms with Crippen LogP contribution in [0, 0.1) is 0 Å². The summed E-state index contributed by atoms with van der Waals surface area (Å²) in [7, 11) is 0. The molecule has 0 spiro atoms. The van der Waals surface area contributed by atoms with Crippen molar-refractivity contribution in [2.75, 3.05) is 13.1 Å². The molecular formula is C9H13N5O. The van der Waals surface area contributed by atoms with Crippen molar-refractivity contribution in [3.05, 3.63) is 11.9 Å². The van der Waals surface area contributed by atoms with Gasteiger partial charge in [0.2, 0.25) is 0 Å². The van der Waals surface area contributed by atoms with Crippen molar-refractivity contribution in [2.24, 2.45) is 0 Å². The Morgan fingerprint density at radius 2 is 2.33 bits per heavy atom. The molecule has 2 aliphatic rings. The minimum absolute atomic E-state index is 0.101. The van der Waals surface area contributed by atoms with Crippen molar-refractivity contribution < 1.29 is 4.79 Å². The van der Waals surface area contributed by atoms with Crippen LogP contribution in [-0.2, 0) is 0 Å². The Bertz CT molecular complexity index is 380. The van der Waals surface area contributed by atoms with Gasteiger partial charge in [-0.05, 0) is 12.8 Å². The van der Waals surface area contributed by atoms with E-state index >= 15 is 0 Å². The number of carbonyl (C=O) groups is 1. The molecule has 2 heterocycles. The van der Waals surface area contributed by atoms with Crippen LogP contribution in [0.4, 0.5) is 0 Å². The molecule has 1 aromatic heterocycles. The van der Waals surface area contributed by atoms with Crippen molar-refractivity contribution in [2.45, 2.75) is 24.9 Å². The molecule has 1 aromatic rings. The van der Waals surface area contributed by atoms with Crippen molar-refractivity contribution in [3.8, 4) is 0 Å². The zero-order valence-electron chi connectivity index (χ0n) is 8.31. The summed E-state index contributed by atoms with van der Waals surface area (Å²) in [5.41, 5.74) is 0.425. The van der Waals surface area contributed by atoms with E-state index in [9.17, 15) is 4.79 Å². The minimum atomic E-state index is -0.101. The predicted octanol–water partition coefficient (Wildman–Crippen LogP) is -0.685. The summed E-state index contributed by atoms with van der Waals surface area (Å²) in [6.45, 7) is 1.82. The molecule has 0 atom stereocenters. The Morgan fingerprint density at radius 3 is 2.93 bits per heavy atom. The number of amides is 1. The van der Waals surface area contributed by atoms with Crippen LogP contribution in [0.3, 0.4) is 0 Å². The van der Waals surface area contributed by atoms with E-state index in [0.29, 0.717) is 17.8 Å². The van der Waals surface area contributed by atoms with E-state index in [2.05, 4.69) is 20.9 Å². The van der Waals surface area contributed by atoms with E-state index < -0.39 is 0 Å². The van der Waals surface area contributed by atoms with E-state index in [1.807, 2.05) is 0 Å². The van der Waals surface area contributed by atoms with Gasteiger partial charge in [-0.15, -0.1) is 5.10 Å². The van der Waals surface area contributed by atoms with Crippen LogP contribution < -0.4 is 10.6 Å². The van der Waals surface area contributed by atoms with Crippen molar-refractivity contribution in [3.63, 3.8) is 0 Å². The number of hydrogen-bond acceptors (Lipinski definition) is 4. The number of nitrogens with zero attached hydrogens (tertiary/aromatic N) is 3. The Kier molecular flexibility index (Phi) is 1.95. The van der Waals surface area contributed by atoms with Crippen LogP contribution in [0.5, 0.6) is 0 Å². The van der Waals surface area contributed by atoms with Gasteiger partial charge in [-0.25, -0.2) is 4.68 Å². The quantitative estimate of drug-likeness (QED) is 0.688. The third-order valence-electron chi connectivity index (χ3n) is 2.79. The molecule has 0 aromatic carbocycles. The lowest BCUT2D eigenvalue weighted by Crippen LogP contribution is -2.43. The van der Waals surface area contributed by atoms with E-state index in [-0.39, 0.29) is 5.91 Å². The summed E-state index contributed by atoms with van der Waals surface area (Å²) in [4.78, 5) is 11.6. The second-order valence-electron chi connectivity index (χ2n) is 4.14. The van der Waals surface area contributed by atoms with Crippen LogP contribution in [0.15, 0.2) is 6.20 Å². The summed E-state index contributed by atoms with van der Waals surface area (Å²) in [6.07, 6.45) is 3.90. The smallest absolute Gasteiger partial charge is 0.273 e. The van der Waals surface area contributed by atoms with Gasteiger partial charge in [-0.1, -0.05) is 5.21 Å². The molecule has 0 unspecified atom stereocenters. The third-order valence-corrected chi connectivity index (χ3v) is 2.79. The van der Waals surface area contributed by atoms with Crippen LogP contribution in [0.2, 0.25) is 0 Å². The summed E-state index contributed by atoms with van der Waals surface area (Å²) in [6, 6.07) is 0.730. The molecule has 1 aliphatic carbocycles. The monoisotopic (exact) mass is 207 g/mol. The molecule has 1 saturated carbocycles. The van der Waals surface area contributed by atoms with Gasteiger partial charge in [-0.2, -0.15) is 0 Å². The van der Waals surface area contributed by atoms with Gasteiger partial charge in [0.15, 0.2) is 5.69 Å². The van der Waals surface area contributed by atoms with Crippen LogP contribution in [-0.4, -0.2) is 40.0 Å². The van der Waals surface area contributed by atoms with Gasteiger partial charge in [0.25, 0.3) is 5.91 Å². The third kappa shape index (κ3) is 1.72. The summed E-state index contributed by atoms with van der Waals surface area (Å²) < 4.78 is 1.76. The summed E-state index contributed by atoms with van der Waals surface area (Å²) in [5, 5.41) is 13.9. The molecule has 0 bridgehead atoms. The first kappa shape index (κ1) is 8.84. The number of hydrogen-bond donors (Lipinski definition) is 2. The maximum absolute atomic E-state index is 11.6. The Balaban J connectivity index is 1.68. The van der Waals surface area contributed by atoms with E-state index in [0.717, 1.165) is 25.9 Å². The first-order valence-corrected chi connectivity index (χ1v) is 5.26. The lowest BCUT2D eigenvalue weighted by molar-refractivity contribution is 0.0946. The summed E-state index contributed by atoms with van der Waals surface area (Å²) >= 11 is 0. The maximum Gasteiger partial charge on any atom is 0.273 e. The van der Waals surface area contributed by atoms with Gasteiger partial charge >= 0.3 is 0 Å². The fourth-order valence-electron chi connectivity index (χ4n) is 1.51. The molecule has 6 nitrogen and oxygen atoms in total. The number of aromatic nitrogens is 3. The highest BCUT2D eigenvalue weighted by molar-refractivity contribution is 5.92. The Morgan fingerprint density at radius 1 is 1.53 bits per heavy atom. The Hall–Kier alpha value is -1.43. The molecule has 1 aliphatic heterocycles. The lowest BCUT2D eigenvalue weighted by atomic mass is 10.2. The van der Waals surface area contributed by atoms with Crippen LogP contribution >= 0.6 is 0 Å². The van der Waals surface area contributed by atoms with E-state index in [4.69, 9.17) is 0 Å². The van der Waals surface area contributed by atoms with Crippen LogP contribution in [0.25, 0.3) is 0 Å². The highest BCUT2D eigenvalue weighted by Gasteiger charge is 2.26. The molecule has 6 heteroatoms. The molecule has 80 valence electrons. The fourth-order valence-corrected chi connectivity index (χ4v) is 1.51. The van der Waals surface area contributed by atoms with Crippen molar-refractivity contribution >= 4 is 5.91 Å². The zero-order valence-corrected chi connectivity index (χ0v) is 8.31. The highest BCUT2D eigenvalue weighted by Crippen LogP contribution is 2.19. The molecule has 1 amide bonds. The van der Waals surface area contributed by atoms with E-state index in [1.54, 1.807) is 10.9 Å². The number of nitrogens with one attached hydrogen (secondary N) is 2. The number of carbonyl (C=O) groups excluding carboxylic acids is 1. The fraction of sp³-hybridized carbons (Fsp3) is 0.667. The van der Waals surface area contributed by atoms with Gasteiger partial charge in [0.05, 0.1) is 12.2 Å². The molecule has 2 fully saturated rings. The molecule has 3 rings (SSSR count). The molecule has 2 N–H and O–H groups in total. The van der Waals surface area contributed by atoms with Crippen molar-refractivity contribution in [1.29, 1.82) is 0 Å². The predicted molar refractivity (Wildman–Crippen MR) is 52.4 cm³/mol. The molecular weight excluding hydrogens is 194 g/mol. The van der Waals surface area contributed by atoms with Gasteiger partial charge in [-0.3, -0.25) is 4.79 Å². The van der Waals surface area contributed by atoms with Gasteiger partial charge < -0.3 is 10.6 Å². The zero-order chi connectivity index (χ0) is 10.3. The first-order chi connectivity index (χ1) is 7.33. The topological polar surface area (TPSA) is 71.8 Å². The maximum atomic E-state index is 11.6. The van der Waals surface area contributed by atoms with Gasteiger partial charge in [0, 0.05) is 19.1 Å². The average Bonchev–Trinajstić information content (AvgIpc) is 2.79. The standard InChI is InChI=1S/C9H13N5O/c15-9(11-6-1-2-6)8-5-14(13-12-8)7-3-10-4-7/h5-7,10H,1-4H2,(H,11,15). The highest BCUT2D eigenvalue weighted by atomic mass is 16.2. The SMILES string of the molecule is O=C(NC1CC1)c1cn(C2CNC2)nn1. The minimum Gasteiger partial charge on any atom is -0.348 e. The Labute approximate surface area is 87.0 Å². The lowest BCUT2D eigenvalue weighted by Gasteiger charge is -2.26. The average molecular weight is 207 g/mol. The second kappa shape index (κ2) is 3.30. The van der Waals surface area contributed by atoms with E-state index in [1.165, 1.54) is 0 Å². The molecule has 15 heavy (non-hydrogen) atoms. The summed E-state index contributed by atoms with van der Waals surface area (Å²) in [5.74, 6) is -0.101. The van der Waals surface area contributed by atoms with Gasteiger partial charge in [0.1, 0.15) is 0 Å². The molecule has 1 saturated heterocycles. The van der Waals surface area contributed by atoms with Crippen molar-refractivity contribution in [1.82, 2.24) is 25.6 Å². The normalized spacial score (nSPS) is 21.1. The second-order valence-corrected chi connectivity index (χ2v) is 4.14. The number of rotatable bonds is 3. The largest absolute Gasteiger partial charge is 0.348 e. The first-order valence-electron chi connectivity index (χ1n) is 5.26.